The van der Waals surface area contributed by atoms with E-state index in [2.05, 4.69) is 0 Å². The van der Waals surface area contributed by atoms with E-state index in [1.165, 1.54) is 0 Å². The van der Waals surface area contributed by atoms with Gasteiger partial charge < -0.3 is 9.84 Å². The van der Waals surface area contributed by atoms with Crippen molar-refractivity contribution in [2.75, 3.05) is 6.61 Å². The average Bonchev–Trinajstić information content (AvgIpc) is 2.19. The van der Waals surface area contributed by atoms with Crippen LogP contribution in [0.2, 0.25) is 0 Å². The zero-order valence-corrected chi connectivity index (χ0v) is 9.95. The maximum absolute atomic E-state index is 9.14. The molecule has 0 heterocycles. The Labute approximate surface area is 91.9 Å². The van der Waals surface area contributed by atoms with Gasteiger partial charge in [-0.2, -0.15) is 0 Å². The van der Waals surface area contributed by atoms with Crippen molar-refractivity contribution in [1.82, 2.24) is 0 Å². The van der Waals surface area contributed by atoms with Gasteiger partial charge in [0.25, 0.3) is 0 Å². The van der Waals surface area contributed by atoms with Crippen LogP contribution in [0.3, 0.4) is 0 Å². The third kappa shape index (κ3) is 2.96. The van der Waals surface area contributed by atoms with Crippen LogP contribution in [0.15, 0.2) is 18.2 Å². The number of ether oxygens (including phenoxy) is 1. The molecule has 0 fully saturated rings. The summed E-state index contributed by atoms with van der Waals surface area (Å²) < 4.78 is 5.70. The van der Waals surface area contributed by atoms with Crippen LogP contribution in [-0.2, 0) is 0 Å². The summed E-state index contributed by atoms with van der Waals surface area (Å²) in [6.45, 7) is 8.26. The molecule has 0 aliphatic carbocycles. The van der Waals surface area contributed by atoms with Gasteiger partial charge in [-0.1, -0.05) is 19.1 Å². The van der Waals surface area contributed by atoms with Crippen LogP contribution in [0.25, 0.3) is 0 Å². The maximum Gasteiger partial charge on any atom is 0.122 e. The van der Waals surface area contributed by atoms with Crippen molar-refractivity contribution < 1.29 is 9.84 Å². The highest BCUT2D eigenvalue weighted by Gasteiger charge is 2.11. The Hall–Kier alpha value is -1.02. The number of hydrogen-bond donors (Lipinski definition) is 1. The monoisotopic (exact) mass is 208 g/mol. The first kappa shape index (κ1) is 12.1. The molecule has 0 saturated carbocycles. The summed E-state index contributed by atoms with van der Waals surface area (Å²) in [6, 6.07) is 6.00. The molecule has 1 unspecified atom stereocenters. The van der Waals surface area contributed by atoms with Crippen molar-refractivity contribution in [2.24, 2.45) is 0 Å². The number of hydrogen-bond acceptors (Lipinski definition) is 2. The predicted octanol–water partition coefficient (Wildman–Crippen LogP) is 2.88. The van der Waals surface area contributed by atoms with Gasteiger partial charge in [0.2, 0.25) is 0 Å². The van der Waals surface area contributed by atoms with Crippen LogP contribution in [0.5, 0.6) is 5.75 Å². The lowest BCUT2D eigenvalue weighted by atomic mass is 9.96. The van der Waals surface area contributed by atoms with Gasteiger partial charge in [-0.3, -0.25) is 0 Å². The molecular formula is C13H20O2. The Balaban J connectivity index is 3.00. The van der Waals surface area contributed by atoms with Gasteiger partial charge >= 0.3 is 0 Å². The fraction of sp³-hybridized carbons (Fsp3) is 0.538. The molecule has 1 rings (SSSR count). The van der Waals surface area contributed by atoms with Crippen molar-refractivity contribution in [2.45, 2.75) is 39.7 Å². The Bertz CT molecular complexity index is 318. The fourth-order valence-electron chi connectivity index (χ4n) is 1.65. The molecule has 15 heavy (non-hydrogen) atoms. The molecule has 0 amide bonds. The number of rotatable bonds is 4. The van der Waals surface area contributed by atoms with Gasteiger partial charge in [-0.25, -0.2) is 0 Å². The zero-order valence-electron chi connectivity index (χ0n) is 9.95. The standard InChI is InChI=1S/C13H20O2/c1-9(2)15-13-7-5-6-12(11(13)4)10(3)8-14/h5-7,9-10,14H,8H2,1-4H3. The van der Waals surface area contributed by atoms with Crippen molar-refractivity contribution in [3.05, 3.63) is 29.3 Å². The van der Waals surface area contributed by atoms with Gasteiger partial charge in [0, 0.05) is 12.5 Å². The molecule has 0 aromatic heterocycles. The van der Waals surface area contributed by atoms with Crippen molar-refractivity contribution >= 4 is 0 Å². The van der Waals surface area contributed by atoms with E-state index in [1.54, 1.807) is 0 Å². The molecule has 84 valence electrons. The highest BCUT2D eigenvalue weighted by molar-refractivity contribution is 5.41. The van der Waals surface area contributed by atoms with Crippen molar-refractivity contribution in [3.8, 4) is 5.75 Å². The molecule has 0 radical (unpaired) electrons. The molecule has 1 N–H and O–H groups in total. The van der Waals surface area contributed by atoms with Gasteiger partial charge in [-0.05, 0) is 38.0 Å². The van der Waals surface area contributed by atoms with Gasteiger partial charge in [-0.15, -0.1) is 0 Å². The zero-order chi connectivity index (χ0) is 11.4. The molecule has 1 aromatic rings. The topological polar surface area (TPSA) is 29.5 Å². The summed E-state index contributed by atoms with van der Waals surface area (Å²) >= 11 is 0. The Morgan fingerprint density at radius 3 is 2.47 bits per heavy atom. The lowest BCUT2D eigenvalue weighted by molar-refractivity contribution is 0.239. The summed E-state index contributed by atoms with van der Waals surface area (Å²) in [6.07, 6.45) is 0.184. The lowest BCUT2D eigenvalue weighted by Crippen LogP contribution is -2.09. The van der Waals surface area contributed by atoms with E-state index in [4.69, 9.17) is 9.84 Å². The highest BCUT2D eigenvalue weighted by Crippen LogP contribution is 2.27. The third-order valence-corrected chi connectivity index (χ3v) is 2.49. The number of benzene rings is 1. The van der Waals surface area contributed by atoms with E-state index in [-0.39, 0.29) is 18.6 Å². The van der Waals surface area contributed by atoms with Crippen molar-refractivity contribution in [3.63, 3.8) is 0 Å². The van der Waals surface area contributed by atoms with Crippen LogP contribution in [-0.4, -0.2) is 17.8 Å². The molecule has 2 heteroatoms. The summed E-state index contributed by atoms with van der Waals surface area (Å²) in [5, 5.41) is 9.14. The third-order valence-electron chi connectivity index (χ3n) is 2.49. The Kier molecular flexibility index (Phi) is 4.15. The molecule has 0 aliphatic heterocycles. The van der Waals surface area contributed by atoms with Crippen LogP contribution in [0, 0.1) is 6.92 Å². The minimum Gasteiger partial charge on any atom is -0.491 e. The smallest absolute Gasteiger partial charge is 0.122 e. The summed E-state index contributed by atoms with van der Waals surface area (Å²) in [4.78, 5) is 0. The van der Waals surface area contributed by atoms with Gasteiger partial charge in [0.1, 0.15) is 5.75 Å². The Morgan fingerprint density at radius 1 is 1.27 bits per heavy atom. The SMILES string of the molecule is Cc1c(OC(C)C)cccc1C(C)CO. The van der Waals surface area contributed by atoms with Gasteiger partial charge in [0.05, 0.1) is 6.10 Å². The normalized spacial score (nSPS) is 12.9. The predicted molar refractivity (Wildman–Crippen MR) is 62.4 cm³/mol. The van der Waals surface area contributed by atoms with Crippen LogP contribution in [0.4, 0.5) is 0 Å². The molecule has 1 aromatic carbocycles. The number of aliphatic hydroxyl groups excluding tert-OH is 1. The second-order valence-corrected chi connectivity index (χ2v) is 4.22. The van der Waals surface area contributed by atoms with E-state index in [0.717, 1.165) is 16.9 Å². The molecule has 1 atom stereocenters. The molecule has 2 nitrogen and oxygen atoms in total. The summed E-state index contributed by atoms with van der Waals surface area (Å²) in [7, 11) is 0. The van der Waals surface area contributed by atoms with Crippen LogP contribution in [0.1, 0.15) is 37.8 Å². The second-order valence-electron chi connectivity index (χ2n) is 4.22. The minimum absolute atomic E-state index is 0.167. The summed E-state index contributed by atoms with van der Waals surface area (Å²) in [5.74, 6) is 1.09. The minimum atomic E-state index is 0.167. The van der Waals surface area contributed by atoms with Gasteiger partial charge in [0.15, 0.2) is 0 Å². The molecule has 0 bridgehead atoms. The second kappa shape index (κ2) is 5.17. The largest absolute Gasteiger partial charge is 0.491 e. The molecule has 0 saturated heterocycles. The quantitative estimate of drug-likeness (QED) is 0.824. The van der Waals surface area contributed by atoms with Crippen LogP contribution < -0.4 is 4.74 Å². The summed E-state index contributed by atoms with van der Waals surface area (Å²) in [5.41, 5.74) is 2.29. The number of aliphatic hydroxyl groups is 1. The maximum atomic E-state index is 9.14. The molecular weight excluding hydrogens is 188 g/mol. The first-order valence-electron chi connectivity index (χ1n) is 5.43. The first-order valence-corrected chi connectivity index (χ1v) is 5.43. The van der Waals surface area contributed by atoms with E-state index < -0.39 is 0 Å². The van der Waals surface area contributed by atoms with E-state index in [9.17, 15) is 0 Å². The van der Waals surface area contributed by atoms with Crippen LogP contribution >= 0.6 is 0 Å². The average molecular weight is 208 g/mol. The van der Waals surface area contributed by atoms with Crippen molar-refractivity contribution in [1.29, 1.82) is 0 Å². The molecule has 0 spiro atoms. The fourth-order valence-corrected chi connectivity index (χ4v) is 1.65. The lowest BCUT2D eigenvalue weighted by Gasteiger charge is -2.17. The van der Waals surface area contributed by atoms with E-state index >= 15 is 0 Å². The Morgan fingerprint density at radius 2 is 1.93 bits per heavy atom. The molecule has 0 aliphatic rings. The highest BCUT2D eigenvalue weighted by atomic mass is 16.5. The van der Waals surface area contributed by atoms with E-state index in [1.807, 2.05) is 45.9 Å². The van der Waals surface area contributed by atoms with E-state index in [0.29, 0.717) is 0 Å². The first-order chi connectivity index (χ1) is 7.06.